The number of likely N-dealkylation sites (tertiary alicyclic amines) is 1. The fourth-order valence-corrected chi connectivity index (χ4v) is 3.64. The molecule has 1 aliphatic rings. The van der Waals surface area contributed by atoms with Crippen molar-refractivity contribution in [3.63, 3.8) is 0 Å². The second-order valence-electron chi connectivity index (χ2n) is 7.27. The molecule has 3 aromatic rings. The Morgan fingerprint density at radius 3 is 2.70 bits per heavy atom. The van der Waals surface area contributed by atoms with Gasteiger partial charge in [-0.25, -0.2) is 4.98 Å². The Balaban J connectivity index is 1.53. The fourth-order valence-electron chi connectivity index (χ4n) is 3.64. The van der Waals surface area contributed by atoms with Gasteiger partial charge in [0.05, 0.1) is 11.0 Å². The molecular formula is C21H19F3N4O2. The number of alkyl halides is 3. The van der Waals surface area contributed by atoms with Gasteiger partial charge in [0, 0.05) is 37.8 Å². The van der Waals surface area contributed by atoms with E-state index in [1.165, 1.54) is 25.2 Å². The van der Waals surface area contributed by atoms with Crippen LogP contribution in [0.3, 0.4) is 0 Å². The first-order valence-corrected chi connectivity index (χ1v) is 9.44. The SMILES string of the molecule is Cn1c(C(F)(F)F)nc2cc(NC(=O)c3cccc(CN4CCCC4=O)c3)ccc21. The molecule has 0 unspecified atom stereocenters. The monoisotopic (exact) mass is 416 g/mol. The second-order valence-corrected chi connectivity index (χ2v) is 7.27. The standard InChI is InChI=1S/C21H19F3N4O2/c1-27-17-8-7-15(11-16(17)26-20(27)21(22,23)24)25-19(30)14-5-2-4-13(10-14)12-28-9-3-6-18(28)29/h2,4-5,7-8,10-11H,3,6,9,12H2,1H3,(H,25,30). The van der Waals surface area contributed by atoms with E-state index in [-0.39, 0.29) is 11.4 Å². The van der Waals surface area contributed by atoms with E-state index < -0.39 is 17.9 Å². The van der Waals surface area contributed by atoms with Gasteiger partial charge in [-0.3, -0.25) is 9.59 Å². The van der Waals surface area contributed by atoms with E-state index >= 15 is 0 Å². The molecule has 0 aliphatic carbocycles. The van der Waals surface area contributed by atoms with Crippen LogP contribution in [0.1, 0.15) is 34.6 Å². The molecule has 156 valence electrons. The zero-order valence-corrected chi connectivity index (χ0v) is 16.2. The summed E-state index contributed by atoms with van der Waals surface area (Å²) >= 11 is 0. The van der Waals surface area contributed by atoms with E-state index in [9.17, 15) is 22.8 Å². The lowest BCUT2D eigenvalue weighted by atomic mass is 10.1. The fraction of sp³-hybridized carbons (Fsp3) is 0.286. The van der Waals surface area contributed by atoms with E-state index in [0.29, 0.717) is 36.3 Å². The number of aryl methyl sites for hydroxylation is 1. The van der Waals surface area contributed by atoms with Gasteiger partial charge in [0.2, 0.25) is 11.7 Å². The van der Waals surface area contributed by atoms with Crippen LogP contribution < -0.4 is 5.32 Å². The van der Waals surface area contributed by atoms with Gasteiger partial charge >= 0.3 is 6.18 Å². The van der Waals surface area contributed by atoms with Gasteiger partial charge in [-0.2, -0.15) is 13.2 Å². The molecule has 2 amide bonds. The molecule has 1 aliphatic heterocycles. The molecule has 0 radical (unpaired) electrons. The van der Waals surface area contributed by atoms with Crippen LogP contribution in [0, 0.1) is 0 Å². The van der Waals surface area contributed by atoms with Crippen LogP contribution in [-0.2, 0) is 24.6 Å². The summed E-state index contributed by atoms with van der Waals surface area (Å²) in [6.07, 6.45) is -3.17. The number of nitrogens with zero attached hydrogens (tertiary/aromatic N) is 3. The highest BCUT2D eigenvalue weighted by Crippen LogP contribution is 2.31. The van der Waals surface area contributed by atoms with Crippen molar-refractivity contribution in [1.29, 1.82) is 0 Å². The normalized spacial score (nSPS) is 14.5. The maximum absolute atomic E-state index is 13.0. The third-order valence-electron chi connectivity index (χ3n) is 5.13. The average molecular weight is 416 g/mol. The molecule has 9 heteroatoms. The summed E-state index contributed by atoms with van der Waals surface area (Å²) in [6.45, 7) is 1.15. The smallest absolute Gasteiger partial charge is 0.338 e. The van der Waals surface area contributed by atoms with Gasteiger partial charge in [0.25, 0.3) is 5.91 Å². The van der Waals surface area contributed by atoms with E-state index in [4.69, 9.17) is 0 Å². The molecule has 2 heterocycles. The maximum atomic E-state index is 13.0. The summed E-state index contributed by atoms with van der Waals surface area (Å²) < 4.78 is 40.1. The number of amides is 2. The Hall–Kier alpha value is -3.36. The third-order valence-corrected chi connectivity index (χ3v) is 5.13. The Labute approximate surface area is 170 Å². The molecule has 1 fully saturated rings. The Morgan fingerprint density at radius 1 is 1.20 bits per heavy atom. The number of fused-ring (bicyclic) bond motifs is 1. The molecule has 2 aromatic carbocycles. The van der Waals surface area contributed by atoms with Crippen molar-refractivity contribution >= 4 is 28.5 Å². The number of hydrogen-bond donors (Lipinski definition) is 1. The topological polar surface area (TPSA) is 67.2 Å². The number of hydrogen-bond acceptors (Lipinski definition) is 3. The molecule has 0 spiro atoms. The number of nitrogens with one attached hydrogen (secondary N) is 1. The van der Waals surface area contributed by atoms with Gasteiger partial charge in [-0.05, 0) is 42.3 Å². The van der Waals surface area contributed by atoms with E-state index in [1.807, 2.05) is 6.07 Å². The van der Waals surface area contributed by atoms with Gasteiger partial charge in [-0.1, -0.05) is 12.1 Å². The van der Waals surface area contributed by atoms with Crippen LogP contribution in [0.2, 0.25) is 0 Å². The molecule has 30 heavy (non-hydrogen) atoms. The molecule has 0 bridgehead atoms. The van der Waals surface area contributed by atoms with Crippen LogP contribution in [0.5, 0.6) is 0 Å². The number of rotatable bonds is 4. The first-order chi connectivity index (χ1) is 14.2. The maximum Gasteiger partial charge on any atom is 0.449 e. The predicted octanol–water partition coefficient (Wildman–Crippen LogP) is 3.97. The van der Waals surface area contributed by atoms with E-state index in [0.717, 1.165) is 16.6 Å². The van der Waals surface area contributed by atoms with Gasteiger partial charge in [0.1, 0.15) is 0 Å². The van der Waals surface area contributed by atoms with Crippen LogP contribution in [0.15, 0.2) is 42.5 Å². The quantitative estimate of drug-likeness (QED) is 0.700. The highest BCUT2D eigenvalue weighted by molar-refractivity contribution is 6.05. The molecule has 0 atom stereocenters. The highest BCUT2D eigenvalue weighted by Gasteiger charge is 2.36. The second kappa shape index (κ2) is 7.47. The van der Waals surface area contributed by atoms with E-state index in [2.05, 4.69) is 10.3 Å². The lowest BCUT2D eigenvalue weighted by Gasteiger charge is -2.16. The Morgan fingerprint density at radius 2 is 2.00 bits per heavy atom. The minimum atomic E-state index is -4.56. The summed E-state index contributed by atoms with van der Waals surface area (Å²) in [6, 6.07) is 11.4. The number of carbonyl (C=O) groups is 2. The van der Waals surface area contributed by atoms with Crippen molar-refractivity contribution in [1.82, 2.24) is 14.5 Å². The Kier molecular flexibility index (Phi) is 4.97. The predicted molar refractivity (Wildman–Crippen MR) is 105 cm³/mol. The summed E-state index contributed by atoms with van der Waals surface area (Å²) in [5.41, 5.74) is 2.05. The van der Waals surface area contributed by atoms with Crippen molar-refractivity contribution in [3.8, 4) is 0 Å². The number of halogens is 3. The first kappa shape index (κ1) is 19.9. The molecule has 0 saturated carbocycles. The first-order valence-electron chi connectivity index (χ1n) is 9.44. The zero-order chi connectivity index (χ0) is 21.5. The lowest BCUT2D eigenvalue weighted by molar-refractivity contribution is -0.146. The number of anilines is 1. The Bertz CT molecular complexity index is 1140. The average Bonchev–Trinajstić information content (AvgIpc) is 3.25. The van der Waals surface area contributed by atoms with Crippen molar-refractivity contribution in [2.75, 3.05) is 11.9 Å². The van der Waals surface area contributed by atoms with Crippen LogP contribution in [0.25, 0.3) is 11.0 Å². The molecule has 1 N–H and O–H groups in total. The van der Waals surface area contributed by atoms with Crippen molar-refractivity contribution in [3.05, 3.63) is 59.4 Å². The summed E-state index contributed by atoms with van der Waals surface area (Å²) in [7, 11) is 1.30. The number of carbonyl (C=O) groups excluding carboxylic acids is 2. The van der Waals surface area contributed by atoms with Crippen molar-refractivity contribution < 1.29 is 22.8 Å². The van der Waals surface area contributed by atoms with Crippen molar-refractivity contribution in [2.24, 2.45) is 7.05 Å². The minimum absolute atomic E-state index is 0.103. The minimum Gasteiger partial charge on any atom is -0.338 e. The summed E-state index contributed by atoms with van der Waals surface area (Å²) in [5, 5.41) is 2.70. The molecule has 4 rings (SSSR count). The third kappa shape index (κ3) is 3.87. The number of benzene rings is 2. The highest BCUT2D eigenvalue weighted by atomic mass is 19.4. The van der Waals surface area contributed by atoms with Crippen molar-refractivity contribution in [2.45, 2.75) is 25.6 Å². The van der Waals surface area contributed by atoms with Gasteiger partial charge in [0.15, 0.2) is 0 Å². The zero-order valence-electron chi connectivity index (χ0n) is 16.2. The molecule has 1 aromatic heterocycles. The lowest BCUT2D eigenvalue weighted by Crippen LogP contribution is -2.24. The molecule has 1 saturated heterocycles. The summed E-state index contributed by atoms with van der Waals surface area (Å²) in [5.74, 6) is -1.28. The van der Waals surface area contributed by atoms with E-state index in [1.54, 1.807) is 23.1 Å². The molecule has 6 nitrogen and oxygen atoms in total. The van der Waals surface area contributed by atoms with Gasteiger partial charge < -0.3 is 14.8 Å². The van der Waals surface area contributed by atoms with Crippen LogP contribution >= 0.6 is 0 Å². The molecular weight excluding hydrogens is 397 g/mol. The summed E-state index contributed by atoms with van der Waals surface area (Å²) in [4.78, 5) is 29.8. The van der Waals surface area contributed by atoms with Crippen LogP contribution in [-0.4, -0.2) is 32.8 Å². The number of aromatic nitrogens is 2. The largest absolute Gasteiger partial charge is 0.449 e. The number of imidazole rings is 1. The van der Waals surface area contributed by atoms with Gasteiger partial charge in [-0.15, -0.1) is 0 Å². The van der Waals surface area contributed by atoms with Crippen LogP contribution in [0.4, 0.5) is 18.9 Å².